The van der Waals surface area contributed by atoms with Crippen molar-refractivity contribution in [2.75, 3.05) is 19.8 Å². The van der Waals surface area contributed by atoms with Crippen molar-refractivity contribution in [2.24, 2.45) is 0 Å². The van der Waals surface area contributed by atoms with E-state index in [0.717, 1.165) is 0 Å². The standard InChI is InChI=1S/C12H15NO4S/c1-13(2)11(14)8-18(17)10-5-3-9(4-6-10)7-12(15)16/h3-6H,7-8H2,1-2H3,(H,15,16). The SMILES string of the molecule is CN(C)C(=O)CS(=O)c1ccc(CC(=O)O)cc1. The largest absolute Gasteiger partial charge is 0.481 e. The van der Waals surface area contributed by atoms with Crippen LogP contribution in [0.25, 0.3) is 0 Å². The fraction of sp³-hybridized carbons (Fsp3) is 0.333. The molecule has 1 unspecified atom stereocenters. The van der Waals surface area contributed by atoms with E-state index >= 15 is 0 Å². The van der Waals surface area contributed by atoms with Gasteiger partial charge in [0.25, 0.3) is 0 Å². The zero-order chi connectivity index (χ0) is 13.7. The van der Waals surface area contributed by atoms with Crippen molar-refractivity contribution in [1.29, 1.82) is 0 Å². The summed E-state index contributed by atoms with van der Waals surface area (Å²) in [5.41, 5.74) is 0.641. The van der Waals surface area contributed by atoms with Crippen LogP contribution in [0.5, 0.6) is 0 Å². The van der Waals surface area contributed by atoms with E-state index in [4.69, 9.17) is 5.11 Å². The number of benzene rings is 1. The van der Waals surface area contributed by atoms with E-state index in [0.29, 0.717) is 10.5 Å². The summed E-state index contributed by atoms with van der Waals surface area (Å²) in [6.45, 7) is 0. The third-order valence-corrected chi connectivity index (χ3v) is 3.60. The minimum atomic E-state index is -1.39. The van der Waals surface area contributed by atoms with Crippen LogP contribution in [0.2, 0.25) is 0 Å². The molecule has 0 bridgehead atoms. The van der Waals surface area contributed by atoms with Crippen LogP contribution in [0, 0.1) is 0 Å². The number of amides is 1. The Morgan fingerprint density at radius 3 is 2.22 bits per heavy atom. The highest BCUT2D eigenvalue weighted by Crippen LogP contribution is 2.10. The van der Waals surface area contributed by atoms with Gasteiger partial charge in [-0.25, -0.2) is 0 Å². The summed E-state index contributed by atoms with van der Waals surface area (Å²) in [6.07, 6.45) is -0.0659. The van der Waals surface area contributed by atoms with Gasteiger partial charge < -0.3 is 10.0 Å². The molecule has 1 amide bonds. The highest BCUT2D eigenvalue weighted by molar-refractivity contribution is 7.85. The van der Waals surface area contributed by atoms with E-state index in [1.54, 1.807) is 38.4 Å². The normalized spacial score (nSPS) is 11.9. The number of hydrogen-bond donors (Lipinski definition) is 1. The lowest BCUT2D eigenvalue weighted by Crippen LogP contribution is -2.27. The predicted molar refractivity (Wildman–Crippen MR) is 67.8 cm³/mol. The van der Waals surface area contributed by atoms with Crippen LogP contribution in [0.1, 0.15) is 5.56 Å². The zero-order valence-corrected chi connectivity index (χ0v) is 11.1. The van der Waals surface area contributed by atoms with Crippen LogP contribution in [0.4, 0.5) is 0 Å². The smallest absolute Gasteiger partial charge is 0.307 e. The van der Waals surface area contributed by atoms with Gasteiger partial charge >= 0.3 is 5.97 Å². The molecule has 0 aliphatic heterocycles. The van der Waals surface area contributed by atoms with Crippen molar-refractivity contribution >= 4 is 22.7 Å². The van der Waals surface area contributed by atoms with Gasteiger partial charge in [0.2, 0.25) is 5.91 Å². The summed E-state index contributed by atoms with van der Waals surface area (Å²) >= 11 is 0. The maximum absolute atomic E-state index is 11.8. The number of carboxylic acids is 1. The summed E-state index contributed by atoms with van der Waals surface area (Å²) in [6, 6.07) is 6.41. The van der Waals surface area contributed by atoms with Gasteiger partial charge in [-0.3, -0.25) is 13.8 Å². The monoisotopic (exact) mass is 269 g/mol. The molecule has 18 heavy (non-hydrogen) atoms. The van der Waals surface area contributed by atoms with E-state index in [1.807, 2.05) is 0 Å². The van der Waals surface area contributed by atoms with Crippen LogP contribution in [-0.4, -0.2) is 45.9 Å². The number of hydrogen-bond acceptors (Lipinski definition) is 3. The first-order chi connectivity index (χ1) is 8.40. The molecule has 0 spiro atoms. The zero-order valence-electron chi connectivity index (χ0n) is 10.3. The molecule has 5 nitrogen and oxygen atoms in total. The molecule has 0 saturated heterocycles. The number of nitrogens with zero attached hydrogens (tertiary/aromatic N) is 1. The highest BCUT2D eigenvalue weighted by Gasteiger charge is 2.12. The topological polar surface area (TPSA) is 74.7 Å². The Morgan fingerprint density at radius 2 is 1.78 bits per heavy atom. The number of carbonyl (C=O) groups is 2. The van der Waals surface area contributed by atoms with Crippen molar-refractivity contribution in [3.8, 4) is 0 Å². The fourth-order valence-corrected chi connectivity index (χ4v) is 2.35. The van der Waals surface area contributed by atoms with Crippen LogP contribution >= 0.6 is 0 Å². The number of carboxylic acid groups (broad SMARTS) is 1. The van der Waals surface area contributed by atoms with Crippen molar-refractivity contribution in [2.45, 2.75) is 11.3 Å². The molecule has 1 rings (SSSR count). The van der Waals surface area contributed by atoms with E-state index < -0.39 is 16.8 Å². The Morgan fingerprint density at radius 1 is 1.22 bits per heavy atom. The van der Waals surface area contributed by atoms with Gasteiger partial charge in [-0.05, 0) is 17.7 Å². The molecule has 0 fully saturated rings. The average molecular weight is 269 g/mol. The first-order valence-electron chi connectivity index (χ1n) is 5.29. The summed E-state index contributed by atoms with van der Waals surface area (Å²) in [5.74, 6) is -1.18. The molecule has 0 aliphatic rings. The molecule has 98 valence electrons. The molecule has 1 N–H and O–H groups in total. The minimum Gasteiger partial charge on any atom is -0.481 e. The Bertz CT molecular complexity index is 467. The molecule has 0 aliphatic carbocycles. The fourth-order valence-electron chi connectivity index (χ4n) is 1.26. The minimum absolute atomic E-state index is 0.0642. The second kappa shape index (κ2) is 6.30. The second-order valence-corrected chi connectivity index (χ2v) is 5.44. The number of carbonyl (C=O) groups excluding carboxylic acids is 1. The van der Waals surface area contributed by atoms with E-state index in [1.165, 1.54) is 4.90 Å². The van der Waals surface area contributed by atoms with Crippen molar-refractivity contribution < 1.29 is 18.9 Å². The lowest BCUT2D eigenvalue weighted by atomic mass is 10.2. The van der Waals surface area contributed by atoms with E-state index in [-0.39, 0.29) is 18.1 Å². The third-order valence-electron chi connectivity index (χ3n) is 2.29. The van der Waals surface area contributed by atoms with E-state index in [2.05, 4.69) is 0 Å². The number of aliphatic carboxylic acids is 1. The van der Waals surface area contributed by atoms with Gasteiger partial charge in [0, 0.05) is 19.0 Å². The molecule has 1 atom stereocenters. The van der Waals surface area contributed by atoms with E-state index in [9.17, 15) is 13.8 Å². The predicted octanol–water partition coefficient (Wildman–Crippen LogP) is 0.509. The summed E-state index contributed by atoms with van der Waals surface area (Å²) < 4.78 is 11.8. The molecule has 0 aromatic heterocycles. The Kier molecular flexibility index (Phi) is 5.03. The van der Waals surface area contributed by atoms with Crippen LogP contribution in [0.3, 0.4) is 0 Å². The highest BCUT2D eigenvalue weighted by atomic mass is 32.2. The second-order valence-electron chi connectivity index (χ2n) is 3.99. The molecule has 1 aromatic rings. The van der Waals surface area contributed by atoms with Gasteiger partial charge in [0.15, 0.2) is 0 Å². The number of rotatable bonds is 5. The maximum atomic E-state index is 11.8. The first kappa shape index (κ1) is 14.4. The molecule has 0 radical (unpaired) electrons. The van der Waals surface area contributed by atoms with Crippen molar-refractivity contribution in [3.63, 3.8) is 0 Å². The lowest BCUT2D eigenvalue weighted by molar-refractivity contribution is -0.136. The van der Waals surface area contributed by atoms with Crippen molar-refractivity contribution in [1.82, 2.24) is 4.90 Å². The Labute approximate surface area is 108 Å². The van der Waals surface area contributed by atoms with Crippen LogP contribution < -0.4 is 0 Å². The maximum Gasteiger partial charge on any atom is 0.307 e. The quantitative estimate of drug-likeness (QED) is 0.845. The van der Waals surface area contributed by atoms with Gasteiger partial charge in [-0.2, -0.15) is 0 Å². The van der Waals surface area contributed by atoms with Gasteiger partial charge in [0.1, 0.15) is 5.75 Å². The molecule has 6 heteroatoms. The van der Waals surface area contributed by atoms with Gasteiger partial charge in [0.05, 0.1) is 17.2 Å². The summed E-state index contributed by atoms with van der Waals surface area (Å²) in [5, 5.41) is 8.62. The lowest BCUT2D eigenvalue weighted by Gasteiger charge is -2.09. The molecule has 1 aromatic carbocycles. The summed E-state index contributed by atoms with van der Waals surface area (Å²) in [4.78, 5) is 23.8. The molecule has 0 heterocycles. The third kappa shape index (κ3) is 4.29. The van der Waals surface area contributed by atoms with Crippen molar-refractivity contribution in [3.05, 3.63) is 29.8 Å². The van der Waals surface area contributed by atoms with Gasteiger partial charge in [-0.1, -0.05) is 12.1 Å². The average Bonchev–Trinajstić information content (AvgIpc) is 2.28. The molecule has 0 saturated carbocycles. The van der Waals surface area contributed by atoms with Crippen LogP contribution in [-0.2, 0) is 26.8 Å². The summed E-state index contributed by atoms with van der Waals surface area (Å²) in [7, 11) is 1.82. The Hall–Kier alpha value is -1.69. The molecular formula is C12H15NO4S. The Balaban J connectivity index is 2.70. The molecular weight excluding hydrogens is 254 g/mol. The van der Waals surface area contributed by atoms with Crippen LogP contribution in [0.15, 0.2) is 29.2 Å². The first-order valence-corrected chi connectivity index (χ1v) is 6.61. The van der Waals surface area contributed by atoms with Gasteiger partial charge in [-0.15, -0.1) is 0 Å².